The number of aromatic nitrogens is 3. The van der Waals surface area contributed by atoms with E-state index in [4.69, 9.17) is 14.4 Å². The summed E-state index contributed by atoms with van der Waals surface area (Å²) >= 11 is 0. The van der Waals surface area contributed by atoms with E-state index in [2.05, 4.69) is 139 Å². The molecular formula is C56H38N3O2Pt-. The normalized spacial score (nSPS) is 11.3. The van der Waals surface area contributed by atoms with Crippen LogP contribution in [-0.4, -0.2) is 19.6 Å². The number of benzene rings is 7. The van der Waals surface area contributed by atoms with Gasteiger partial charge in [0.05, 0.1) is 11.4 Å². The zero-order chi connectivity index (χ0) is 41.0. The summed E-state index contributed by atoms with van der Waals surface area (Å²) in [7, 11) is 2.14. The second-order valence-electron chi connectivity index (χ2n) is 15.5. The first-order valence-electron chi connectivity index (χ1n) is 20.4. The van der Waals surface area contributed by atoms with Gasteiger partial charge in [-0.15, -0.1) is 24.3 Å². The summed E-state index contributed by atoms with van der Waals surface area (Å²) in [6, 6.07) is 67.9. The third-order valence-electron chi connectivity index (χ3n) is 11.7. The van der Waals surface area contributed by atoms with Crippen molar-refractivity contribution < 1.29 is 30.6 Å². The molecule has 0 saturated carbocycles. The van der Waals surface area contributed by atoms with Gasteiger partial charge in [-0.25, -0.2) is 0 Å². The van der Waals surface area contributed by atoms with E-state index < -0.39 is 0 Å². The first kappa shape index (κ1) is 38.8. The van der Waals surface area contributed by atoms with Crippen LogP contribution in [0.15, 0.2) is 192 Å². The van der Waals surface area contributed by atoms with Gasteiger partial charge >= 0.3 is 0 Å². The molecule has 0 aliphatic rings. The molecule has 0 radical (unpaired) electrons. The molecule has 7 aromatic carbocycles. The Balaban J connectivity index is 0.00000458. The zero-order valence-electron chi connectivity index (χ0n) is 33.9. The molecule has 11 rings (SSSR count). The minimum atomic E-state index is 0. The number of fused-ring (bicyclic) bond motifs is 4. The maximum atomic E-state index is 10.8. The largest absolute Gasteiger partial charge is 0.507 e. The predicted octanol–water partition coefficient (Wildman–Crippen LogP) is 14.3. The molecule has 5 nitrogen and oxygen atoms in total. The van der Waals surface area contributed by atoms with Crippen molar-refractivity contribution in [3.63, 3.8) is 0 Å². The van der Waals surface area contributed by atoms with Gasteiger partial charge < -0.3 is 14.1 Å². The van der Waals surface area contributed by atoms with E-state index in [-0.39, 0.29) is 26.8 Å². The number of furan rings is 1. The van der Waals surface area contributed by atoms with Gasteiger partial charge in [-0.3, -0.25) is 9.97 Å². The Morgan fingerprint density at radius 2 is 1.13 bits per heavy atom. The van der Waals surface area contributed by atoms with Crippen LogP contribution in [0.3, 0.4) is 0 Å². The summed E-state index contributed by atoms with van der Waals surface area (Å²) in [5.41, 5.74) is 17.0. The minimum Gasteiger partial charge on any atom is -0.507 e. The van der Waals surface area contributed by atoms with Gasteiger partial charge in [-0.1, -0.05) is 139 Å². The van der Waals surface area contributed by atoms with Gasteiger partial charge in [0.1, 0.15) is 16.9 Å². The van der Waals surface area contributed by atoms with E-state index in [1.54, 1.807) is 6.07 Å². The van der Waals surface area contributed by atoms with Crippen molar-refractivity contribution in [2.24, 2.45) is 7.05 Å². The predicted molar refractivity (Wildman–Crippen MR) is 249 cm³/mol. The SMILES string of the molecule is Cc1cc(-c2c(-c3ccc4c(c3)oc3c(-c5ccccc5)cccc34)c3ccccc3n2C)cc(-c2[c-]c(-c3cc(-c4ccccc4)cc(-c4ccccc4O)n3)ccc2)n1.[Pt]. The number of para-hydroxylation sites is 3. The molecule has 0 aliphatic carbocycles. The molecule has 0 unspecified atom stereocenters. The van der Waals surface area contributed by atoms with Crippen molar-refractivity contribution >= 4 is 32.8 Å². The topological polar surface area (TPSA) is 64.1 Å². The van der Waals surface area contributed by atoms with Crippen LogP contribution in [0, 0.1) is 13.0 Å². The average molecular weight is 980 g/mol. The van der Waals surface area contributed by atoms with Crippen molar-refractivity contribution in [2.45, 2.75) is 6.92 Å². The van der Waals surface area contributed by atoms with E-state index in [9.17, 15) is 5.11 Å². The van der Waals surface area contributed by atoms with Gasteiger partial charge in [-0.05, 0) is 77.2 Å². The number of aromatic hydroxyl groups is 1. The van der Waals surface area contributed by atoms with E-state index in [0.29, 0.717) is 11.3 Å². The standard InChI is InChI=1S/C56H38N3O2.Pt/c1-35-29-42(33-48(57-35)38-19-13-20-39(30-38)49-31-41(36-15-5-3-6-16-36)32-50(58-49)46-21-10-12-26-52(46)60)55-54(47-22-9-11-25-51(47)59(55)2)40-27-28-44-45-24-14-23-43(37-17-7-4-8-18-37)56(45)61-53(44)34-40;/h3-29,31-34,60H,1-2H3;/q-1;. The summed E-state index contributed by atoms with van der Waals surface area (Å²) in [5.74, 6) is 0.183. The second-order valence-corrected chi connectivity index (χ2v) is 15.5. The number of aryl methyl sites for hydroxylation is 2. The molecule has 4 aromatic heterocycles. The van der Waals surface area contributed by atoms with Crippen LogP contribution in [0.2, 0.25) is 0 Å². The van der Waals surface area contributed by atoms with Gasteiger partial charge in [0.15, 0.2) is 0 Å². The van der Waals surface area contributed by atoms with Crippen LogP contribution in [0.5, 0.6) is 5.75 Å². The molecule has 0 aliphatic heterocycles. The molecule has 0 spiro atoms. The number of nitrogens with zero attached hydrogens (tertiary/aromatic N) is 3. The van der Waals surface area contributed by atoms with Gasteiger partial charge in [-0.2, -0.15) is 0 Å². The zero-order valence-corrected chi connectivity index (χ0v) is 36.2. The van der Waals surface area contributed by atoms with Gasteiger partial charge in [0.25, 0.3) is 0 Å². The fourth-order valence-corrected chi connectivity index (χ4v) is 8.83. The van der Waals surface area contributed by atoms with E-state index in [0.717, 1.165) is 106 Å². The fraction of sp³-hybridized carbons (Fsp3) is 0.0357. The Morgan fingerprint density at radius 3 is 1.92 bits per heavy atom. The monoisotopic (exact) mass is 979 g/mol. The van der Waals surface area contributed by atoms with Crippen LogP contribution in [-0.2, 0) is 28.1 Å². The maximum absolute atomic E-state index is 10.8. The Morgan fingerprint density at radius 1 is 0.500 bits per heavy atom. The number of hydrogen-bond donors (Lipinski definition) is 1. The molecule has 0 fully saturated rings. The first-order valence-corrected chi connectivity index (χ1v) is 20.4. The summed E-state index contributed by atoms with van der Waals surface area (Å²) in [6.07, 6.45) is 0. The number of pyridine rings is 2. The average Bonchev–Trinajstić information content (AvgIpc) is 3.84. The van der Waals surface area contributed by atoms with E-state index in [1.165, 1.54) is 0 Å². The van der Waals surface area contributed by atoms with E-state index >= 15 is 0 Å². The molecule has 6 heteroatoms. The Kier molecular flexibility index (Phi) is 9.98. The van der Waals surface area contributed by atoms with Crippen LogP contribution in [0.25, 0.3) is 111 Å². The summed E-state index contributed by atoms with van der Waals surface area (Å²) in [6.45, 7) is 2.05. The molecule has 0 bridgehead atoms. The van der Waals surface area contributed by atoms with Gasteiger partial charge in [0.2, 0.25) is 0 Å². The first-order chi connectivity index (χ1) is 30.0. The van der Waals surface area contributed by atoms with E-state index in [1.807, 2.05) is 67.6 Å². The number of rotatable bonds is 7. The third-order valence-corrected chi connectivity index (χ3v) is 11.7. The minimum absolute atomic E-state index is 0. The van der Waals surface area contributed by atoms with Crippen LogP contribution in [0.4, 0.5) is 0 Å². The summed E-state index contributed by atoms with van der Waals surface area (Å²) in [4.78, 5) is 10.2. The Hall–Kier alpha value is -7.33. The van der Waals surface area contributed by atoms with Crippen molar-refractivity contribution in [3.05, 3.63) is 200 Å². The van der Waals surface area contributed by atoms with Crippen molar-refractivity contribution in [1.82, 2.24) is 14.5 Å². The molecule has 0 atom stereocenters. The van der Waals surface area contributed by atoms with Crippen molar-refractivity contribution in [1.29, 1.82) is 0 Å². The number of phenolic OH excluding ortho intramolecular Hbond substituents is 1. The molecule has 1 N–H and O–H groups in total. The quantitative estimate of drug-likeness (QED) is 0.162. The maximum Gasteiger partial charge on any atom is 0.143 e. The summed E-state index contributed by atoms with van der Waals surface area (Å²) in [5, 5.41) is 14.2. The molecule has 4 heterocycles. The Labute approximate surface area is 373 Å². The molecule has 0 saturated heterocycles. The van der Waals surface area contributed by atoms with Crippen LogP contribution >= 0.6 is 0 Å². The molecular weight excluding hydrogens is 942 g/mol. The van der Waals surface area contributed by atoms with Crippen molar-refractivity contribution in [3.8, 4) is 84.2 Å². The van der Waals surface area contributed by atoms with Gasteiger partial charge in [0, 0.05) is 83.6 Å². The fourth-order valence-electron chi connectivity index (χ4n) is 8.83. The van der Waals surface area contributed by atoms with Crippen molar-refractivity contribution in [2.75, 3.05) is 0 Å². The smallest absolute Gasteiger partial charge is 0.143 e. The summed E-state index contributed by atoms with van der Waals surface area (Å²) < 4.78 is 9.03. The Bertz CT molecular complexity index is 3460. The van der Waals surface area contributed by atoms with Crippen LogP contribution in [0.1, 0.15) is 5.69 Å². The molecule has 0 amide bonds. The molecule has 11 aromatic rings. The third kappa shape index (κ3) is 6.81. The van der Waals surface area contributed by atoms with Crippen LogP contribution < -0.4 is 0 Å². The molecule has 300 valence electrons. The number of phenols is 1. The second kappa shape index (κ2) is 15.9. The number of hydrogen-bond acceptors (Lipinski definition) is 4. The molecule has 62 heavy (non-hydrogen) atoms.